The fraction of sp³-hybridized carbons (Fsp3) is 0.818. The third-order valence-corrected chi connectivity index (χ3v) is 2.68. The number of rotatable bonds is 2. The second-order valence-electron chi connectivity index (χ2n) is 5.25. The molecule has 1 N–H and O–H groups in total. The lowest BCUT2D eigenvalue weighted by Crippen LogP contribution is -2.38. The van der Waals surface area contributed by atoms with E-state index in [2.05, 4.69) is 0 Å². The number of carboxylic acids is 1. The predicted molar refractivity (Wildman–Crippen MR) is 56.4 cm³/mol. The molecule has 0 bridgehead atoms. The first-order valence-electron chi connectivity index (χ1n) is 5.32. The van der Waals surface area contributed by atoms with Crippen molar-refractivity contribution in [3.05, 3.63) is 0 Å². The van der Waals surface area contributed by atoms with Gasteiger partial charge in [-0.2, -0.15) is 0 Å². The molecule has 0 aromatic rings. The number of aliphatic carboxylic acids is 1. The summed E-state index contributed by atoms with van der Waals surface area (Å²) < 4.78 is 0. The van der Waals surface area contributed by atoms with Gasteiger partial charge in [0.15, 0.2) is 0 Å². The van der Waals surface area contributed by atoms with Crippen LogP contribution in [0.4, 0.5) is 0 Å². The Kier molecular flexibility index (Phi) is 3.37. The van der Waals surface area contributed by atoms with Crippen LogP contribution in [0.15, 0.2) is 0 Å². The van der Waals surface area contributed by atoms with Crippen molar-refractivity contribution in [3.63, 3.8) is 0 Å². The van der Waals surface area contributed by atoms with Gasteiger partial charge in [-0.1, -0.05) is 20.8 Å². The Hall–Kier alpha value is -1.06. The monoisotopic (exact) mass is 213 g/mol. The summed E-state index contributed by atoms with van der Waals surface area (Å²) >= 11 is 0. The summed E-state index contributed by atoms with van der Waals surface area (Å²) in [5, 5.41) is 8.66. The zero-order chi connectivity index (χ0) is 11.6. The standard InChI is InChI=1S/C11H19NO3/c1-11(2,3)10(15)12-5-4-8(7-12)6-9(13)14/h8H,4-7H2,1-3H3,(H,13,14). The Labute approximate surface area is 90.3 Å². The van der Waals surface area contributed by atoms with Gasteiger partial charge in [-0.3, -0.25) is 9.59 Å². The Morgan fingerprint density at radius 1 is 1.40 bits per heavy atom. The van der Waals surface area contributed by atoms with E-state index in [0.717, 1.165) is 6.42 Å². The molecular weight excluding hydrogens is 194 g/mol. The topological polar surface area (TPSA) is 57.6 Å². The minimum Gasteiger partial charge on any atom is -0.481 e. The molecule has 1 rings (SSSR count). The van der Waals surface area contributed by atoms with Gasteiger partial charge in [-0.25, -0.2) is 0 Å². The van der Waals surface area contributed by atoms with Crippen LogP contribution in [-0.2, 0) is 9.59 Å². The van der Waals surface area contributed by atoms with Gasteiger partial charge in [0.1, 0.15) is 0 Å². The van der Waals surface area contributed by atoms with Crippen molar-refractivity contribution in [1.29, 1.82) is 0 Å². The van der Waals surface area contributed by atoms with Gasteiger partial charge in [0, 0.05) is 24.9 Å². The highest BCUT2D eigenvalue weighted by Crippen LogP contribution is 2.25. The van der Waals surface area contributed by atoms with Crippen molar-refractivity contribution in [2.45, 2.75) is 33.6 Å². The molecule has 86 valence electrons. The molecule has 0 aromatic carbocycles. The molecule has 1 amide bonds. The molecule has 0 aromatic heterocycles. The van der Waals surface area contributed by atoms with E-state index in [1.165, 1.54) is 0 Å². The maximum Gasteiger partial charge on any atom is 0.303 e. The van der Waals surface area contributed by atoms with Crippen molar-refractivity contribution < 1.29 is 14.7 Å². The minimum atomic E-state index is -0.773. The molecule has 0 radical (unpaired) electrons. The van der Waals surface area contributed by atoms with E-state index in [9.17, 15) is 9.59 Å². The van der Waals surface area contributed by atoms with Crippen LogP contribution in [-0.4, -0.2) is 35.0 Å². The van der Waals surface area contributed by atoms with Crippen LogP contribution in [0.1, 0.15) is 33.6 Å². The molecule has 4 heteroatoms. The zero-order valence-corrected chi connectivity index (χ0v) is 9.62. The smallest absolute Gasteiger partial charge is 0.303 e. The Bertz CT molecular complexity index is 267. The quantitative estimate of drug-likeness (QED) is 0.753. The Balaban J connectivity index is 2.50. The Morgan fingerprint density at radius 3 is 2.47 bits per heavy atom. The average molecular weight is 213 g/mol. The van der Waals surface area contributed by atoms with Crippen molar-refractivity contribution in [1.82, 2.24) is 4.90 Å². The van der Waals surface area contributed by atoms with Crippen LogP contribution < -0.4 is 0 Å². The Morgan fingerprint density at radius 2 is 2.00 bits per heavy atom. The van der Waals surface area contributed by atoms with Gasteiger partial charge in [0.2, 0.25) is 5.91 Å². The summed E-state index contributed by atoms with van der Waals surface area (Å²) in [5.74, 6) is -0.519. The second-order valence-corrected chi connectivity index (χ2v) is 5.25. The van der Waals surface area contributed by atoms with E-state index in [0.29, 0.717) is 13.1 Å². The maximum absolute atomic E-state index is 11.9. The van der Waals surface area contributed by atoms with Gasteiger partial charge in [0.25, 0.3) is 0 Å². The fourth-order valence-electron chi connectivity index (χ4n) is 1.91. The molecule has 0 spiro atoms. The SMILES string of the molecule is CC(C)(C)C(=O)N1CCC(CC(=O)O)C1. The van der Waals surface area contributed by atoms with Gasteiger partial charge in [-0.15, -0.1) is 0 Å². The number of hydrogen-bond donors (Lipinski definition) is 1. The van der Waals surface area contributed by atoms with Crippen molar-refractivity contribution in [2.75, 3.05) is 13.1 Å². The van der Waals surface area contributed by atoms with Gasteiger partial charge in [0.05, 0.1) is 0 Å². The van der Waals surface area contributed by atoms with Crippen molar-refractivity contribution in [2.24, 2.45) is 11.3 Å². The van der Waals surface area contributed by atoms with E-state index in [1.807, 2.05) is 20.8 Å². The molecule has 1 saturated heterocycles. The number of hydrogen-bond acceptors (Lipinski definition) is 2. The molecular formula is C11H19NO3. The first-order valence-corrected chi connectivity index (χ1v) is 5.32. The second kappa shape index (κ2) is 4.21. The number of likely N-dealkylation sites (tertiary alicyclic amines) is 1. The number of amides is 1. The van der Waals surface area contributed by atoms with Crippen molar-refractivity contribution in [3.8, 4) is 0 Å². The summed E-state index contributed by atoms with van der Waals surface area (Å²) in [6.45, 7) is 6.97. The molecule has 1 fully saturated rings. The third kappa shape index (κ3) is 3.22. The van der Waals surface area contributed by atoms with Gasteiger partial charge < -0.3 is 10.0 Å². The number of carbonyl (C=O) groups excluding carboxylic acids is 1. The van der Waals surface area contributed by atoms with E-state index in [4.69, 9.17) is 5.11 Å². The number of nitrogens with zero attached hydrogens (tertiary/aromatic N) is 1. The zero-order valence-electron chi connectivity index (χ0n) is 9.62. The molecule has 1 aliphatic rings. The lowest BCUT2D eigenvalue weighted by molar-refractivity contribution is -0.140. The van der Waals surface area contributed by atoms with Crippen LogP contribution in [0, 0.1) is 11.3 Å². The lowest BCUT2D eigenvalue weighted by atomic mass is 9.95. The van der Waals surface area contributed by atoms with Crippen LogP contribution >= 0.6 is 0 Å². The highest BCUT2D eigenvalue weighted by Gasteiger charge is 2.33. The van der Waals surface area contributed by atoms with Crippen LogP contribution in [0.2, 0.25) is 0 Å². The minimum absolute atomic E-state index is 0.121. The summed E-state index contributed by atoms with van der Waals surface area (Å²) in [6, 6.07) is 0. The molecule has 0 saturated carbocycles. The van der Waals surface area contributed by atoms with Gasteiger partial charge in [-0.05, 0) is 12.3 Å². The average Bonchev–Trinajstić information content (AvgIpc) is 2.48. The molecule has 1 aliphatic heterocycles. The molecule has 1 unspecified atom stereocenters. The summed E-state index contributed by atoms with van der Waals surface area (Å²) in [5.41, 5.74) is -0.363. The third-order valence-electron chi connectivity index (χ3n) is 2.68. The van der Waals surface area contributed by atoms with E-state index < -0.39 is 5.97 Å². The fourth-order valence-corrected chi connectivity index (χ4v) is 1.91. The van der Waals surface area contributed by atoms with Crippen LogP contribution in [0.25, 0.3) is 0 Å². The number of carbonyl (C=O) groups is 2. The molecule has 1 atom stereocenters. The van der Waals surface area contributed by atoms with Crippen LogP contribution in [0.3, 0.4) is 0 Å². The molecule has 0 aliphatic carbocycles. The summed E-state index contributed by atoms with van der Waals surface area (Å²) in [6.07, 6.45) is 0.988. The maximum atomic E-state index is 11.9. The molecule has 4 nitrogen and oxygen atoms in total. The van der Waals surface area contributed by atoms with E-state index >= 15 is 0 Å². The molecule has 1 heterocycles. The van der Waals surface area contributed by atoms with Crippen LogP contribution in [0.5, 0.6) is 0 Å². The first kappa shape index (κ1) is 12.0. The summed E-state index contributed by atoms with van der Waals surface area (Å²) in [7, 11) is 0. The summed E-state index contributed by atoms with van der Waals surface area (Å²) in [4.78, 5) is 24.2. The largest absolute Gasteiger partial charge is 0.481 e. The molecule has 15 heavy (non-hydrogen) atoms. The van der Waals surface area contributed by atoms with Gasteiger partial charge >= 0.3 is 5.97 Å². The highest BCUT2D eigenvalue weighted by atomic mass is 16.4. The van der Waals surface area contributed by atoms with E-state index in [-0.39, 0.29) is 23.7 Å². The van der Waals surface area contributed by atoms with Crippen molar-refractivity contribution >= 4 is 11.9 Å². The highest BCUT2D eigenvalue weighted by molar-refractivity contribution is 5.81. The predicted octanol–water partition coefficient (Wildman–Crippen LogP) is 1.36. The van der Waals surface area contributed by atoms with E-state index in [1.54, 1.807) is 4.90 Å². The normalized spacial score (nSPS) is 21.8. The lowest BCUT2D eigenvalue weighted by Gasteiger charge is -2.25. The number of carboxylic acid groups (broad SMARTS) is 1. The first-order chi connectivity index (χ1) is 6.80.